The van der Waals surface area contributed by atoms with E-state index in [2.05, 4.69) is 27.3 Å². The number of carbonyl (C=O) groups excluding carboxylic acids is 1. The summed E-state index contributed by atoms with van der Waals surface area (Å²) in [7, 11) is 0. The summed E-state index contributed by atoms with van der Waals surface area (Å²) in [6.45, 7) is 0. The van der Waals surface area contributed by atoms with Crippen LogP contribution in [0.3, 0.4) is 0 Å². The van der Waals surface area contributed by atoms with Crippen molar-refractivity contribution in [2.75, 3.05) is 5.32 Å². The molecule has 1 aliphatic carbocycles. The van der Waals surface area contributed by atoms with Crippen molar-refractivity contribution in [3.05, 3.63) is 67.1 Å². The summed E-state index contributed by atoms with van der Waals surface area (Å²) in [6.07, 6.45) is 3.26. The minimum Gasteiger partial charge on any atom is -0.372 e. The Kier molecular flexibility index (Phi) is 5.39. The average molecular weight is 424 g/mol. The summed E-state index contributed by atoms with van der Waals surface area (Å²) in [5, 5.41) is 14.9. The maximum Gasteiger partial charge on any atom is 0.292 e. The van der Waals surface area contributed by atoms with E-state index in [1.807, 2.05) is 12.1 Å². The quantitative estimate of drug-likeness (QED) is 0.356. The van der Waals surface area contributed by atoms with E-state index in [0.717, 1.165) is 29.2 Å². The highest BCUT2D eigenvalue weighted by Gasteiger charge is 2.30. The second kappa shape index (κ2) is 7.54. The molecular formula is C18H16BrClN2O3. The van der Waals surface area contributed by atoms with E-state index < -0.39 is 4.92 Å². The van der Waals surface area contributed by atoms with Gasteiger partial charge in [-0.25, -0.2) is 0 Å². The molecule has 2 aromatic rings. The van der Waals surface area contributed by atoms with E-state index in [1.54, 1.807) is 0 Å². The smallest absolute Gasteiger partial charge is 0.292 e. The number of carbonyl (C=O) groups is 1. The van der Waals surface area contributed by atoms with Crippen molar-refractivity contribution in [1.82, 2.24) is 0 Å². The van der Waals surface area contributed by atoms with E-state index in [1.165, 1.54) is 23.8 Å². The Balaban J connectivity index is 2.03. The zero-order chi connectivity index (χ0) is 18.0. The maximum atomic E-state index is 11.3. The minimum atomic E-state index is -0.460. The molecule has 0 spiro atoms. The number of benzene rings is 2. The van der Waals surface area contributed by atoms with Crippen molar-refractivity contribution < 1.29 is 9.72 Å². The zero-order valence-corrected chi connectivity index (χ0v) is 15.6. The van der Waals surface area contributed by atoms with Crippen molar-refractivity contribution in [3.63, 3.8) is 0 Å². The summed E-state index contributed by atoms with van der Waals surface area (Å²) in [6, 6.07) is 9.95. The number of nitrogens with zero attached hydrogens (tertiary/aromatic N) is 1. The third-order valence-electron chi connectivity index (χ3n) is 4.27. The van der Waals surface area contributed by atoms with Gasteiger partial charge in [-0.1, -0.05) is 39.7 Å². The van der Waals surface area contributed by atoms with Crippen molar-refractivity contribution in [2.24, 2.45) is 0 Å². The molecule has 2 aromatic carbocycles. The molecule has 130 valence electrons. The first-order chi connectivity index (χ1) is 12.0. The second-order valence-electron chi connectivity index (χ2n) is 6.03. The monoisotopic (exact) mass is 422 g/mol. The molecule has 0 aliphatic heterocycles. The second-order valence-corrected chi connectivity index (χ2v) is 7.33. The van der Waals surface area contributed by atoms with E-state index >= 15 is 0 Å². The van der Waals surface area contributed by atoms with Gasteiger partial charge in [0.2, 0.25) is 0 Å². The largest absolute Gasteiger partial charge is 0.372 e. The van der Waals surface area contributed by atoms with Crippen LogP contribution in [0.25, 0.3) is 0 Å². The standard InChI is InChI=1S/C18H16BrClN2O3/c19-14-3-1-2-13(11-4-5-11)18(14)15(8-9-23)21-16-10-12(20)6-7-17(16)22(24)25/h1-3,6-7,9-11,15,21H,4-5,8H2/t15-/m1/s1. The molecular weight excluding hydrogens is 408 g/mol. The van der Waals surface area contributed by atoms with Crippen LogP contribution in [0.2, 0.25) is 5.02 Å². The van der Waals surface area contributed by atoms with Gasteiger partial charge in [-0.2, -0.15) is 0 Å². The molecule has 1 atom stereocenters. The number of anilines is 1. The third-order valence-corrected chi connectivity index (χ3v) is 5.20. The van der Waals surface area contributed by atoms with Gasteiger partial charge in [0, 0.05) is 22.0 Å². The summed E-state index contributed by atoms with van der Waals surface area (Å²) in [5.74, 6) is 0.484. The SMILES string of the molecule is O=CC[C@@H](Nc1cc(Cl)ccc1[N+](=O)[O-])c1c(Br)cccc1C1CC1. The molecule has 0 amide bonds. The Morgan fingerprint density at radius 3 is 2.76 bits per heavy atom. The molecule has 3 rings (SSSR count). The number of hydrogen-bond acceptors (Lipinski definition) is 4. The normalized spacial score (nSPS) is 14.8. The van der Waals surface area contributed by atoms with Gasteiger partial charge in [0.1, 0.15) is 12.0 Å². The van der Waals surface area contributed by atoms with Crippen LogP contribution in [0.15, 0.2) is 40.9 Å². The third kappa shape index (κ3) is 4.02. The molecule has 5 nitrogen and oxygen atoms in total. The molecule has 0 bridgehead atoms. The molecule has 0 radical (unpaired) electrons. The maximum absolute atomic E-state index is 11.3. The van der Waals surface area contributed by atoms with Crippen LogP contribution in [-0.2, 0) is 4.79 Å². The topological polar surface area (TPSA) is 72.2 Å². The zero-order valence-electron chi connectivity index (χ0n) is 13.2. The van der Waals surface area contributed by atoms with Gasteiger partial charge >= 0.3 is 0 Å². The molecule has 0 saturated heterocycles. The van der Waals surface area contributed by atoms with E-state index in [9.17, 15) is 14.9 Å². The molecule has 0 aromatic heterocycles. The van der Waals surface area contributed by atoms with Crippen LogP contribution in [0.1, 0.15) is 42.3 Å². The molecule has 1 aliphatic rings. The predicted molar refractivity (Wildman–Crippen MR) is 101 cm³/mol. The Morgan fingerprint density at radius 2 is 2.12 bits per heavy atom. The summed E-state index contributed by atoms with van der Waals surface area (Å²) >= 11 is 9.58. The molecule has 1 N–H and O–H groups in total. The number of nitro benzene ring substituents is 1. The van der Waals surface area contributed by atoms with Gasteiger partial charge in [0.15, 0.2) is 0 Å². The molecule has 25 heavy (non-hydrogen) atoms. The number of aldehydes is 1. The summed E-state index contributed by atoms with van der Waals surface area (Å²) < 4.78 is 0.890. The first-order valence-corrected chi connectivity index (χ1v) is 9.10. The van der Waals surface area contributed by atoms with Gasteiger partial charge in [-0.3, -0.25) is 10.1 Å². The fourth-order valence-corrected chi connectivity index (χ4v) is 3.82. The van der Waals surface area contributed by atoms with Gasteiger partial charge in [0.05, 0.1) is 11.0 Å². The van der Waals surface area contributed by atoms with E-state index in [0.29, 0.717) is 16.6 Å². The van der Waals surface area contributed by atoms with Gasteiger partial charge in [-0.05, 0) is 48.1 Å². The molecule has 1 saturated carbocycles. The van der Waals surface area contributed by atoms with Crippen LogP contribution in [0.4, 0.5) is 11.4 Å². The number of nitro groups is 1. The number of hydrogen-bond donors (Lipinski definition) is 1. The minimum absolute atomic E-state index is 0.0691. The van der Waals surface area contributed by atoms with E-state index in [4.69, 9.17) is 11.6 Å². The number of nitrogens with one attached hydrogen (secondary N) is 1. The van der Waals surface area contributed by atoms with E-state index in [-0.39, 0.29) is 18.2 Å². The molecule has 0 unspecified atom stereocenters. The fourth-order valence-electron chi connectivity index (χ4n) is 2.99. The van der Waals surface area contributed by atoms with Gasteiger partial charge in [0.25, 0.3) is 5.69 Å². The fraction of sp³-hybridized carbons (Fsp3) is 0.278. The summed E-state index contributed by atoms with van der Waals surface area (Å²) in [4.78, 5) is 22.1. The van der Waals surface area contributed by atoms with Crippen LogP contribution < -0.4 is 5.32 Å². The number of rotatable bonds is 7. The first-order valence-electron chi connectivity index (χ1n) is 7.93. The Morgan fingerprint density at radius 1 is 1.36 bits per heavy atom. The average Bonchev–Trinajstić information content (AvgIpc) is 3.39. The summed E-state index contributed by atoms with van der Waals surface area (Å²) in [5.41, 5.74) is 2.40. The van der Waals surface area contributed by atoms with Crippen molar-refractivity contribution in [2.45, 2.75) is 31.2 Å². The Bertz CT molecular complexity index is 824. The number of halogens is 2. The molecule has 7 heteroatoms. The first kappa shape index (κ1) is 17.9. The predicted octanol–water partition coefficient (Wildman–Crippen LogP) is 5.63. The highest BCUT2D eigenvalue weighted by atomic mass is 79.9. The molecule has 1 fully saturated rings. The Labute approximate surface area is 158 Å². The van der Waals surface area contributed by atoms with Crippen molar-refractivity contribution in [3.8, 4) is 0 Å². The highest BCUT2D eigenvalue weighted by Crippen LogP contribution is 2.46. The van der Waals surface area contributed by atoms with Crippen molar-refractivity contribution in [1.29, 1.82) is 0 Å². The highest BCUT2D eigenvalue weighted by molar-refractivity contribution is 9.10. The lowest BCUT2D eigenvalue weighted by Crippen LogP contribution is -2.15. The van der Waals surface area contributed by atoms with Gasteiger partial charge in [-0.15, -0.1) is 0 Å². The van der Waals surface area contributed by atoms with Crippen LogP contribution in [0.5, 0.6) is 0 Å². The lowest BCUT2D eigenvalue weighted by molar-refractivity contribution is -0.384. The Hall–Kier alpha value is -1.92. The van der Waals surface area contributed by atoms with Gasteiger partial charge < -0.3 is 10.1 Å². The van der Waals surface area contributed by atoms with Crippen LogP contribution >= 0.6 is 27.5 Å². The lowest BCUT2D eigenvalue weighted by Gasteiger charge is -2.23. The van der Waals surface area contributed by atoms with Crippen molar-refractivity contribution >= 4 is 45.2 Å². The van der Waals surface area contributed by atoms with Crippen LogP contribution in [0, 0.1) is 10.1 Å². The lowest BCUT2D eigenvalue weighted by atomic mass is 9.95. The molecule has 0 heterocycles. The van der Waals surface area contributed by atoms with Crippen LogP contribution in [-0.4, -0.2) is 11.2 Å².